The molecular formula is C18H15ClF3N3O6. The van der Waals surface area contributed by atoms with Gasteiger partial charge in [-0.1, -0.05) is 11.6 Å². The fourth-order valence-corrected chi connectivity index (χ4v) is 2.47. The van der Waals surface area contributed by atoms with E-state index in [1.807, 2.05) is 0 Å². The number of nitrogens with zero attached hydrogens (tertiary/aromatic N) is 1. The summed E-state index contributed by atoms with van der Waals surface area (Å²) in [5.41, 5.74) is -1.75. The summed E-state index contributed by atoms with van der Waals surface area (Å²) in [6.07, 6.45) is -4.59. The van der Waals surface area contributed by atoms with Gasteiger partial charge < -0.3 is 20.1 Å². The Hall–Kier alpha value is -3.54. The number of esters is 1. The van der Waals surface area contributed by atoms with Crippen LogP contribution in [0.25, 0.3) is 0 Å². The summed E-state index contributed by atoms with van der Waals surface area (Å²) in [5, 5.41) is 15.2. The molecule has 0 aromatic heterocycles. The fourth-order valence-electron chi connectivity index (χ4n) is 2.26. The first-order valence-electron chi connectivity index (χ1n) is 8.54. The number of carbonyl (C=O) groups is 2. The lowest BCUT2D eigenvalue weighted by Gasteiger charge is -2.12. The molecule has 0 bridgehead atoms. The number of nitrogens with one attached hydrogen (secondary N) is 2. The van der Waals surface area contributed by atoms with Crippen molar-refractivity contribution in [2.45, 2.75) is 13.1 Å². The van der Waals surface area contributed by atoms with Gasteiger partial charge in [-0.05, 0) is 31.2 Å². The van der Waals surface area contributed by atoms with Gasteiger partial charge in [0.05, 0.1) is 22.1 Å². The zero-order chi connectivity index (χ0) is 23.2. The van der Waals surface area contributed by atoms with E-state index in [9.17, 15) is 32.9 Å². The number of nitro benzene ring substituents is 1. The van der Waals surface area contributed by atoms with Crippen molar-refractivity contribution in [2.75, 3.05) is 18.5 Å². The molecule has 9 nitrogen and oxygen atoms in total. The number of benzene rings is 2. The number of alkyl halides is 3. The van der Waals surface area contributed by atoms with Crippen LogP contribution in [0.1, 0.15) is 12.5 Å². The van der Waals surface area contributed by atoms with Crippen LogP contribution >= 0.6 is 11.6 Å². The predicted octanol–water partition coefficient (Wildman–Crippen LogP) is 4.74. The van der Waals surface area contributed by atoms with Crippen molar-refractivity contribution in [1.82, 2.24) is 5.32 Å². The maximum Gasteiger partial charge on any atom is 0.416 e. The lowest BCUT2D eigenvalue weighted by Crippen LogP contribution is -2.34. The lowest BCUT2D eigenvalue weighted by molar-refractivity contribution is -0.383. The highest BCUT2D eigenvalue weighted by Crippen LogP contribution is 2.37. The number of hydrogen-bond donors (Lipinski definition) is 2. The molecule has 13 heteroatoms. The van der Waals surface area contributed by atoms with Crippen LogP contribution in [0.5, 0.6) is 11.5 Å². The molecule has 0 aliphatic rings. The van der Waals surface area contributed by atoms with Crippen LogP contribution in [0.3, 0.4) is 0 Å². The second-order valence-electron chi connectivity index (χ2n) is 5.79. The van der Waals surface area contributed by atoms with E-state index >= 15 is 0 Å². The normalized spacial score (nSPS) is 10.9. The first kappa shape index (κ1) is 23.7. The van der Waals surface area contributed by atoms with Crippen molar-refractivity contribution in [3.05, 3.63) is 57.1 Å². The van der Waals surface area contributed by atoms with Gasteiger partial charge in [0, 0.05) is 12.1 Å². The summed E-state index contributed by atoms with van der Waals surface area (Å²) in [6, 6.07) is 4.77. The number of ether oxygens (including phenoxy) is 2. The van der Waals surface area contributed by atoms with E-state index in [0.717, 1.165) is 24.3 Å². The molecule has 31 heavy (non-hydrogen) atoms. The summed E-state index contributed by atoms with van der Waals surface area (Å²) in [4.78, 5) is 33.6. The summed E-state index contributed by atoms with van der Waals surface area (Å²) >= 11 is 5.83. The van der Waals surface area contributed by atoms with Gasteiger partial charge in [-0.3, -0.25) is 14.9 Å². The maximum absolute atomic E-state index is 12.7. The first-order chi connectivity index (χ1) is 14.5. The number of anilines is 1. The van der Waals surface area contributed by atoms with Gasteiger partial charge in [-0.2, -0.15) is 13.2 Å². The molecule has 2 aromatic carbocycles. The van der Waals surface area contributed by atoms with E-state index in [2.05, 4.69) is 15.4 Å². The molecule has 0 aliphatic heterocycles. The quantitative estimate of drug-likeness (QED) is 0.349. The standard InChI is InChI=1S/C18H15ClF3N3O6/c1-2-30-16(26)9-23-17(27)24-13-8-11(4-5-14(13)25(28)29)31-15-6-3-10(7-12(15)19)18(20,21)22/h3-8H,2,9H2,1H3,(H2,23,24,27). The molecule has 0 saturated carbocycles. The van der Waals surface area contributed by atoms with Crippen molar-refractivity contribution >= 4 is 35.0 Å². The highest BCUT2D eigenvalue weighted by atomic mass is 35.5. The molecule has 2 amide bonds. The Morgan fingerprint density at radius 3 is 2.48 bits per heavy atom. The minimum Gasteiger partial charge on any atom is -0.465 e. The zero-order valence-corrected chi connectivity index (χ0v) is 16.5. The third-order valence-electron chi connectivity index (χ3n) is 3.60. The maximum atomic E-state index is 12.7. The van der Waals surface area contributed by atoms with E-state index in [1.54, 1.807) is 6.92 Å². The molecule has 0 radical (unpaired) electrons. The number of hydrogen-bond acceptors (Lipinski definition) is 6. The molecule has 0 fully saturated rings. The van der Waals surface area contributed by atoms with E-state index in [0.29, 0.717) is 6.07 Å². The Kier molecular flexibility index (Phi) is 7.64. The second kappa shape index (κ2) is 9.98. The van der Waals surface area contributed by atoms with Crippen LogP contribution in [0, 0.1) is 10.1 Å². The molecule has 0 spiro atoms. The summed E-state index contributed by atoms with van der Waals surface area (Å²) < 4.78 is 48.2. The summed E-state index contributed by atoms with van der Waals surface area (Å²) in [5.74, 6) is -0.893. The lowest BCUT2D eigenvalue weighted by atomic mass is 10.2. The van der Waals surface area contributed by atoms with Crippen molar-refractivity contribution in [1.29, 1.82) is 0 Å². The number of urea groups is 1. The highest BCUT2D eigenvalue weighted by molar-refractivity contribution is 6.32. The van der Waals surface area contributed by atoms with Gasteiger partial charge in [-0.15, -0.1) is 0 Å². The molecule has 2 rings (SSSR count). The Morgan fingerprint density at radius 2 is 1.90 bits per heavy atom. The van der Waals surface area contributed by atoms with Crippen LogP contribution in [0.2, 0.25) is 5.02 Å². The van der Waals surface area contributed by atoms with E-state index in [1.165, 1.54) is 6.07 Å². The average molecular weight is 462 g/mol. The largest absolute Gasteiger partial charge is 0.465 e. The zero-order valence-electron chi connectivity index (χ0n) is 15.8. The molecule has 0 unspecified atom stereocenters. The Morgan fingerprint density at radius 1 is 1.19 bits per heavy atom. The Balaban J connectivity index is 2.20. The molecule has 0 aliphatic carbocycles. The van der Waals surface area contributed by atoms with Crippen LogP contribution in [0.15, 0.2) is 36.4 Å². The topological polar surface area (TPSA) is 120 Å². The molecule has 2 aromatic rings. The van der Waals surface area contributed by atoms with Gasteiger partial charge in [0.2, 0.25) is 0 Å². The fraction of sp³-hybridized carbons (Fsp3) is 0.222. The first-order valence-corrected chi connectivity index (χ1v) is 8.92. The van der Waals surface area contributed by atoms with Crippen LogP contribution in [-0.4, -0.2) is 30.1 Å². The number of nitro groups is 1. The number of carbonyl (C=O) groups excluding carboxylic acids is 2. The molecule has 0 atom stereocenters. The minimum absolute atomic E-state index is 0.0482. The Labute approximate surface area is 178 Å². The monoisotopic (exact) mass is 461 g/mol. The van der Waals surface area contributed by atoms with Gasteiger partial charge in [0.15, 0.2) is 0 Å². The predicted molar refractivity (Wildman–Crippen MR) is 103 cm³/mol. The smallest absolute Gasteiger partial charge is 0.416 e. The third-order valence-corrected chi connectivity index (χ3v) is 3.89. The van der Waals surface area contributed by atoms with Gasteiger partial charge in [0.1, 0.15) is 23.7 Å². The van der Waals surface area contributed by atoms with Crippen molar-refractivity contribution < 1.29 is 37.2 Å². The van der Waals surface area contributed by atoms with E-state index < -0.39 is 40.9 Å². The van der Waals surface area contributed by atoms with Crippen molar-refractivity contribution in [3.63, 3.8) is 0 Å². The SMILES string of the molecule is CCOC(=O)CNC(=O)Nc1cc(Oc2ccc(C(F)(F)F)cc2Cl)ccc1[N+](=O)[O-]. The number of halogens is 4. The summed E-state index contributed by atoms with van der Waals surface area (Å²) in [6.45, 7) is 1.22. The molecule has 0 heterocycles. The van der Waals surface area contributed by atoms with Crippen LogP contribution in [-0.2, 0) is 15.7 Å². The van der Waals surface area contributed by atoms with Gasteiger partial charge in [0.25, 0.3) is 5.69 Å². The average Bonchev–Trinajstić information content (AvgIpc) is 2.67. The van der Waals surface area contributed by atoms with Crippen molar-refractivity contribution in [3.8, 4) is 11.5 Å². The van der Waals surface area contributed by atoms with Gasteiger partial charge >= 0.3 is 18.2 Å². The van der Waals surface area contributed by atoms with E-state index in [4.69, 9.17) is 16.3 Å². The molecular weight excluding hydrogens is 447 g/mol. The van der Waals surface area contributed by atoms with E-state index in [-0.39, 0.29) is 28.8 Å². The summed E-state index contributed by atoms with van der Waals surface area (Å²) in [7, 11) is 0. The molecule has 2 N–H and O–H groups in total. The molecule has 166 valence electrons. The highest BCUT2D eigenvalue weighted by Gasteiger charge is 2.31. The van der Waals surface area contributed by atoms with Crippen LogP contribution in [0.4, 0.5) is 29.3 Å². The van der Waals surface area contributed by atoms with Crippen molar-refractivity contribution in [2.24, 2.45) is 0 Å². The van der Waals surface area contributed by atoms with Gasteiger partial charge in [-0.25, -0.2) is 4.79 Å². The van der Waals surface area contributed by atoms with Crippen LogP contribution < -0.4 is 15.4 Å². The Bertz CT molecular complexity index is 1000. The molecule has 0 saturated heterocycles. The minimum atomic E-state index is -4.59. The third kappa shape index (κ3) is 6.74. The number of rotatable bonds is 7. The number of amides is 2. The second-order valence-corrected chi connectivity index (χ2v) is 6.20.